The van der Waals surface area contributed by atoms with Crippen LogP contribution in [-0.2, 0) is 6.42 Å². The zero-order valence-corrected chi connectivity index (χ0v) is 8.52. The van der Waals surface area contributed by atoms with Crippen LogP contribution < -0.4 is 0 Å². The fraction of sp³-hybridized carbons (Fsp3) is 0.0769. The van der Waals surface area contributed by atoms with Gasteiger partial charge in [0.05, 0.1) is 12.5 Å². The lowest BCUT2D eigenvalue weighted by Crippen LogP contribution is -1.93. The van der Waals surface area contributed by atoms with Crippen LogP contribution in [0.25, 0.3) is 11.1 Å². The molecule has 1 aromatic heterocycles. The zero-order chi connectivity index (χ0) is 11.4. The van der Waals surface area contributed by atoms with Crippen LogP contribution in [0.5, 0.6) is 0 Å². The number of halogens is 1. The fourth-order valence-electron chi connectivity index (χ4n) is 1.61. The molecule has 0 amide bonds. The normalized spacial score (nSPS) is 9.75. The first-order chi connectivity index (χ1) is 7.83. The highest BCUT2D eigenvalue weighted by Gasteiger charge is 2.09. The molecule has 0 spiro atoms. The topological polar surface area (TPSA) is 36.7 Å². The van der Waals surface area contributed by atoms with E-state index in [0.717, 1.165) is 11.1 Å². The molecule has 0 unspecified atom stereocenters. The molecule has 1 heterocycles. The Kier molecular flexibility index (Phi) is 2.93. The van der Waals surface area contributed by atoms with Crippen molar-refractivity contribution in [2.75, 3.05) is 0 Å². The lowest BCUT2D eigenvalue weighted by molar-refractivity contribution is 0.616. The van der Waals surface area contributed by atoms with Crippen LogP contribution in [-0.4, -0.2) is 4.98 Å². The summed E-state index contributed by atoms with van der Waals surface area (Å²) in [6.07, 6.45) is 3.39. The van der Waals surface area contributed by atoms with Crippen molar-refractivity contribution in [2.24, 2.45) is 0 Å². The van der Waals surface area contributed by atoms with Crippen molar-refractivity contribution < 1.29 is 4.39 Å². The average molecular weight is 212 g/mol. The van der Waals surface area contributed by atoms with Gasteiger partial charge in [-0.05, 0) is 17.7 Å². The monoisotopic (exact) mass is 212 g/mol. The Hall–Kier alpha value is -2.21. The Morgan fingerprint density at radius 3 is 2.81 bits per heavy atom. The van der Waals surface area contributed by atoms with Crippen molar-refractivity contribution in [1.29, 1.82) is 5.26 Å². The standard InChI is InChI=1S/C13H9FN2/c14-13-5-1-4-11(12(13)6-7-15)10-3-2-8-16-9-10/h1-5,8-9H,6H2. The van der Waals surface area contributed by atoms with E-state index in [2.05, 4.69) is 4.98 Å². The van der Waals surface area contributed by atoms with E-state index in [1.165, 1.54) is 6.07 Å². The predicted octanol–water partition coefficient (Wildman–Crippen LogP) is 2.95. The van der Waals surface area contributed by atoms with Crippen LogP contribution in [0.2, 0.25) is 0 Å². The second kappa shape index (κ2) is 4.54. The quantitative estimate of drug-likeness (QED) is 0.767. The van der Waals surface area contributed by atoms with E-state index in [9.17, 15) is 4.39 Å². The number of hydrogen-bond acceptors (Lipinski definition) is 2. The number of rotatable bonds is 2. The van der Waals surface area contributed by atoms with E-state index in [4.69, 9.17) is 5.26 Å². The minimum Gasteiger partial charge on any atom is -0.264 e. The molecule has 0 saturated carbocycles. The summed E-state index contributed by atoms with van der Waals surface area (Å²) in [6, 6.07) is 10.4. The average Bonchev–Trinajstić information content (AvgIpc) is 2.33. The van der Waals surface area contributed by atoms with Crippen LogP contribution in [0, 0.1) is 17.1 Å². The number of benzene rings is 1. The maximum Gasteiger partial charge on any atom is 0.128 e. The molecule has 1 aromatic carbocycles. The van der Waals surface area contributed by atoms with Crippen molar-refractivity contribution in [2.45, 2.75) is 6.42 Å². The second-order valence-corrected chi connectivity index (χ2v) is 3.34. The van der Waals surface area contributed by atoms with Gasteiger partial charge in [0.1, 0.15) is 5.82 Å². The molecule has 16 heavy (non-hydrogen) atoms. The van der Waals surface area contributed by atoms with E-state index in [-0.39, 0.29) is 12.2 Å². The molecule has 0 saturated heterocycles. The van der Waals surface area contributed by atoms with E-state index in [1.807, 2.05) is 12.1 Å². The summed E-state index contributed by atoms with van der Waals surface area (Å²) >= 11 is 0. The second-order valence-electron chi connectivity index (χ2n) is 3.34. The van der Waals surface area contributed by atoms with Gasteiger partial charge < -0.3 is 0 Å². The predicted molar refractivity (Wildman–Crippen MR) is 58.9 cm³/mol. The molecule has 3 heteroatoms. The number of aromatic nitrogens is 1. The number of hydrogen-bond donors (Lipinski definition) is 0. The summed E-state index contributed by atoms with van der Waals surface area (Å²) in [5.74, 6) is -0.345. The summed E-state index contributed by atoms with van der Waals surface area (Å²) in [4.78, 5) is 3.99. The highest BCUT2D eigenvalue weighted by molar-refractivity contribution is 5.67. The van der Waals surface area contributed by atoms with Crippen LogP contribution in [0.15, 0.2) is 42.7 Å². The van der Waals surface area contributed by atoms with E-state index < -0.39 is 0 Å². The van der Waals surface area contributed by atoms with Crippen molar-refractivity contribution in [3.8, 4) is 17.2 Å². The van der Waals surface area contributed by atoms with E-state index in [1.54, 1.807) is 30.6 Å². The SMILES string of the molecule is N#CCc1c(F)cccc1-c1cccnc1. The lowest BCUT2D eigenvalue weighted by Gasteiger charge is -2.07. The molecule has 0 aliphatic carbocycles. The Labute approximate surface area is 93.0 Å². The first-order valence-electron chi connectivity index (χ1n) is 4.87. The molecule has 2 rings (SSSR count). The van der Waals surface area contributed by atoms with Gasteiger partial charge in [-0.2, -0.15) is 5.26 Å². The largest absolute Gasteiger partial charge is 0.264 e. The van der Waals surface area contributed by atoms with Crippen LogP contribution in [0.4, 0.5) is 4.39 Å². The summed E-state index contributed by atoms with van der Waals surface area (Å²) in [7, 11) is 0. The molecular weight excluding hydrogens is 203 g/mol. The number of nitrogens with zero attached hydrogens (tertiary/aromatic N) is 2. The first-order valence-corrected chi connectivity index (χ1v) is 4.87. The van der Waals surface area contributed by atoms with Gasteiger partial charge in [-0.3, -0.25) is 4.98 Å². The molecule has 0 atom stereocenters. The van der Waals surface area contributed by atoms with Crippen LogP contribution in [0.1, 0.15) is 5.56 Å². The Morgan fingerprint density at radius 2 is 2.12 bits per heavy atom. The van der Waals surface area contributed by atoms with Crippen molar-refractivity contribution >= 4 is 0 Å². The molecule has 0 radical (unpaired) electrons. The van der Waals surface area contributed by atoms with Gasteiger partial charge in [0.25, 0.3) is 0 Å². The molecule has 2 aromatic rings. The van der Waals surface area contributed by atoms with Gasteiger partial charge in [-0.25, -0.2) is 4.39 Å². The van der Waals surface area contributed by atoms with Crippen molar-refractivity contribution in [1.82, 2.24) is 4.98 Å². The summed E-state index contributed by atoms with van der Waals surface area (Å²) in [5.41, 5.74) is 1.99. The van der Waals surface area contributed by atoms with Crippen molar-refractivity contribution in [3.63, 3.8) is 0 Å². The highest BCUT2D eigenvalue weighted by Crippen LogP contribution is 2.25. The van der Waals surface area contributed by atoms with Gasteiger partial charge in [0.2, 0.25) is 0 Å². The molecule has 2 nitrogen and oxygen atoms in total. The maximum absolute atomic E-state index is 13.6. The lowest BCUT2D eigenvalue weighted by atomic mass is 9.99. The molecule has 0 bridgehead atoms. The smallest absolute Gasteiger partial charge is 0.128 e. The summed E-state index contributed by atoms with van der Waals surface area (Å²) in [5, 5.41) is 8.68. The molecular formula is C13H9FN2. The van der Waals surface area contributed by atoms with Gasteiger partial charge in [0.15, 0.2) is 0 Å². The maximum atomic E-state index is 13.6. The number of pyridine rings is 1. The van der Waals surface area contributed by atoms with Crippen molar-refractivity contribution in [3.05, 3.63) is 54.1 Å². The molecule has 78 valence electrons. The third-order valence-electron chi connectivity index (χ3n) is 2.35. The van der Waals surface area contributed by atoms with E-state index in [0.29, 0.717) is 5.56 Å². The van der Waals surface area contributed by atoms with Gasteiger partial charge in [-0.1, -0.05) is 18.2 Å². The molecule has 0 fully saturated rings. The molecule has 0 N–H and O–H groups in total. The van der Waals surface area contributed by atoms with Gasteiger partial charge >= 0.3 is 0 Å². The fourth-order valence-corrected chi connectivity index (χ4v) is 1.61. The Morgan fingerprint density at radius 1 is 1.25 bits per heavy atom. The minimum absolute atomic E-state index is 0.0664. The van der Waals surface area contributed by atoms with E-state index >= 15 is 0 Å². The third-order valence-corrected chi connectivity index (χ3v) is 2.35. The van der Waals surface area contributed by atoms with Gasteiger partial charge in [-0.15, -0.1) is 0 Å². The summed E-state index contributed by atoms with van der Waals surface area (Å²) in [6.45, 7) is 0. The minimum atomic E-state index is -0.345. The zero-order valence-electron chi connectivity index (χ0n) is 8.52. The molecule has 0 aliphatic rings. The van der Waals surface area contributed by atoms with Crippen LogP contribution in [0.3, 0.4) is 0 Å². The summed E-state index contributed by atoms with van der Waals surface area (Å²) < 4.78 is 13.6. The highest BCUT2D eigenvalue weighted by atomic mass is 19.1. The third kappa shape index (κ3) is 1.91. The Balaban J connectivity index is 2.57. The van der Waals surface area contributed by atoms with Crippen LogP contribution >= 0.6 is 0 Å². The molecule has 0 aliphatic heterocycles. The van der Waals surface area contributed by atoms with Gasteiger partial charge in [0, 0.05) is 23.5 Å². The first kappa shape index (κ1) is 10.3. The number of nitriles is 1. The Bertz CT molecular complexity index is 529.